The molecular formula is C11H11ClINO3. The molecule has 4 nitrogen and oxygen atoms in total. The van der Waals surface area contributed by atoms with Crippen molar-refractivity contribution >= 4 is 46.1 Å². The van der Waals surface area contributed by atoms with E-state index in [1.807, 2.05) is 22.6 Å². The highest BCUT2D eigenvalue weighted by molar-refractivity contribution is 14.1. The molecule has 0 bridgehead atoms. The van der Waals surface area contributed by atoms with Gasteiger partial charge in [-0.25, -0.2) is 4.79 Å². The van der Waals surface area contributed by atoms with Gasteiger partial charge in [0.2, 0.25) is 0 Å². The number of nitrogens with one attached hydrogen (secondary N) is 1. The summed E-state index contributed by atoms with van der Waals surface area (Å²) in [5.41, 5.74) is -0.975. The van der Waals surface area contributed by atoms with Crippen LogP contribution in [0.25, 0.3) is 0 Å². The number of hydrogen-bond donors (Lipinski definition) is 2. The van der Waals surface area contributed by atoms with Crippen LogP contribution in [0, 0.1) is 3.57 Å². The molecule has 1 aromatic carbocycles. The number of rotatable bonds is 3. The number of aliphatic carboxylic acids is 1. The topological polar surface area (TPSA) is 66.4 Å². The van der Waals surface area contributed by atoms with E-state index in [0.717, 1.165) is 3.57 Å². The maximum atomic E-state index is 11.8. The fourth-order valence-electron chi connectivity index (χ4n) is 1.05. The normalized spacial score (nSPS) is 11.1. The highest BCUT2D eigenvalue weighted by Crippen LogP contribution is 2.19. The summed E-state index contributed by atoms with van der Waals surface area (Å²) >= 11 is 7.93. The molecule has 0 aromatic heterocycles. The van der Waals surface area contributed by atoms with Crippen LogP contribution in [0.5, 0.6) is 0 Å². The SMILES string of the molecule is CC(C)(NC(=O)c1ccc(I)c(Cl)c1)C(=O)O. The molecule has 2 N–H and O–H groups in total. The van der Waals surface area contributed by atoms with Crippen molar-refractivity contribution in [2.24, 2.45) is 0 Å². The first-order valence-electron chi connectivity index (χ1n) is 4.75. The Morgan fingerprint density at radius 3 is 2.47 bits per heavy atom. The van der Waals surface area contributed by atoms with E-state index in [4.69, 9.17) is 16.7 Å². The first-order valence-corrected chi connectivity index (χ1v) is 6.20. The second kappa shape index (κ2) is 5.22. The van der Waals surface area contributed by atoms with Crippen LogP contribution < -0.4 is 5.32 Å². The molecule has 0 aliphatic carbocycles. The number of carboxylic acids is 1. The van der Waals surface area contributed by atoms with Gasteiger partial charge in [-0.05, 0) is 54.6 Å². The minimum atomic E-state index is -1.31. The first-order chi connectivity index (χ1) is 7.74. The van der Waals surface area contributed by atoms with Crippen LogP contribution in [0.15, 0.2) is 18.2 Å². The van der Waals surface area contributed by atoms with Crippen molar-refractivity contribution in [3.05, 3.63) is 32.4 Å². The lowest BCUT2D eigenvalue weighted by atomic mass is 10.1. The quantitative estimate of drug-likeness (QED) is 0.807. The Labute approximate surface area is 117 Å². The Bertz CT molecular complexity index is 474. The second-order valence-electron chi connectivity index (χ2n) is 4.01. The molecule has 1 aromatic rings. The van der Waals surface area contributed by atoms with E-state index >= 15 is 0 Å². The average molecular weight is 368 g/mol. The van der Waals surface area contributed by atoms with Gasteiger partial charge < -0.3 is 10.4 Å². The number of hydrogen-bond acceptors (Lipinski definition) is 2. The third-order valence-corrected chi connectivity index (χ3v) is 3.71. The minimum absolute atomic E-state index is 0.338. The average Bonchev–Trinajstić information content (AvgIpc) is 2.21. The Kier molecular flexibility index (Phi) is 4.37. The number of amides is 1. The minimum Gasteiger partial charge on any atom is -0.480 e. The summed E-state index contributed by atoms with van der Waals surface area (Å²) in [6.45, 7) is 2.84. The molecule has 17 heavy (non-hydrogen) atoms. The van der Waals surface area contributed by atoms with Gasteiger partial charge in [0.1, 0.15) is 5.54 Å². The van der Waals surface area contributed by atoms with E-state index in [1.54, 1.807) is 12.1 Å². The summed E-state index contributed by atoms with van der Waals surface area (Å²) in [5, 5.41) is 11.8. The smallest absolute Gasteiger partial charge is 0.328 e. The van der Waals surface area contributed by atoms with Crippen molar-refractivity contribution < 1.29 is 14.7 Å². The van der Waals surface area contributed by atoms with Crippen LogP contribution in [0.2, 0.25) is 5.02 Å². The zero-order valence-corrected chi connectivity index (χ0v) is 12.2. The van der Waals surface area contributed by atoms with Crippen LogP contribution in [-0.4, -0.2) is 22.5 Å². The molecule has 0 fully saturated rings. The third-order valence-electron chi connectivity index (χ3n) is 2.14. The first kappa shape index (κ1) is 14.2. The fraction of sp³-hybridized carbons (Fsp3) is 0.273. The Hall–Kier alpha value is -0.820. The van der Waals surface area contributed by atoms with Gasteiger partial charge in [-0.1, -0.05) is 11.6 Å². The molecule has 0 radical (unpaired) electrons. The molecule has 1 rings (SSSR count). The monoisotopic (exact) mass is 367 g/mol. The summed E-state index contributed by atoms with van der Waals surface area (Å²) in [6.07, 6.45) is 0. The van der Waals surface area contributed by atoms with Crippen molar-refractivity contribution in [1.82, 2.24) is 5.32 Å². The number of carboxylic acid groups (broad SMARTS) is 1. The van der Waals surface area contributed by atoms with Crippen LogP contribution in [-0.2, 0) is 4.79 Å². The molecule has 0 aliphatic heterocycles. The maximum absolute atomic E-state index is 11.8. The summed E-state index contributed by atoms with van der Waals surface area (Å²) in [6, 6.07) is 4.81. The molecule has 0 atom stereocenters. The largest absolute Gasteiger partial charge is 0.480 e. The molecule has 6 heteroatoms. The predicted octanol–water partition coefficient (Wildman–Crippen LogP) is 2.54. The van der Waals surface area contributed by atoms with E-state index in [1.165, 1.54) is 19.9 Å². The molecule has 1 amide bonds. The van der Waals surface area contributed by atoms with E-state index < -0.39 is 17.4 Å². The van der Waals surface area contributed by atoms with E-state index in [0.29, 0.717) is 10.6 Å². The van der Waals surface area contributed by atoms with Gasteiger partial charge in [-0.15, -0.1) is 0 Å². The highest BCUT2D eigenvalue weighted by Gasteiger charge is 2.29. The number of benzene rings is 1. The van der Waals surface area contributed by atoms with Gasteiger partial charge in [0, 0.05) is 9.13 Å². The number of halogens is 2. The van der Waals surface area contributed by atoms with E-state index in [2.05, 4.69) is 5.32 Å². The lowest BCUT2D eigenvalue weighted by Gasteiger charge is -2.21. The molecule has 0 aliphatic rings. The van der Waals surface area contributed by atoms with Crippen molar-refractivity contribution in [2.45, 2.75) is 19.4 Å². The summed E-state index contributed by atoms with van der Waals surface area (Å²) < 4.78 is 0.832. The van der Waals surface area contributed by atoms with E-state index in [-0.39, 0.29) is 0 Å². The Balaban J connectivity index is 2.91. The Morgan fingerprint density at radius 2 is 2.00 bits per heavy atom. The van der Waals surface area contributed by atoms with Gasteiger partial charge in [0.15, 0.2) is 0 Å². The van der Waals surface area contributed by atoms with Gasteiger partial charge in [-0.3, -0.25) is 4.79 Å². The molecule has 0 saturated heterocycles. The lowest BCUT2D eigenvalue weighted by molar-refractivity contribution is -0.143. The van der Waals surface area contributed by atoms with Crippen molar-refractivity contribution in [2.75, 3.05) is 0 Å². The van der Waals surface area contributed by atoms with Gasteiger partial charge in [-0.2, -0.15) is 0 Å². The predicted molar refractivity (Wildman–Crippen MR) is 73.4 cm³/mol. The van der Waals surface area contributed by atoms with Gasteiger partial charge in [0.05, 0.1) is 5.02 Å². The lowest BCUT2D eigenvalue weighted by Crippen LogP contribution is -2.49. The highest BCUT2D eigenvalue weighted by atomic mass is 127. The molecule has 0 unspecified atom stereocenters. The van der Waals surface area contributed by atoms with Crippen LogP contribution in [0.3, 0.4) is 0 Å². The molecule has 92 valence electrons. The Morgan fingerprint density at radius 1 is 1.41 bits per heavy atom. The zero-order valence-electron chi connectivity index (χ0n) is 9.25. The van der Waals surface area contributed by atoms with Crippen molar-refractivity contribution in [3.63, 3.8) is 0 Å². The molecular weight excluding hydrogens is 356 g/mol. The van der Waals surface area contributed by atoms with Crippen LogP contribution in [0.4, 0.5) is 0 Å². The molecule has 0 heterocycles. The van der Waals surface area contributed by atoms with Crippen LogP contribution >= 0.6 is 34.2 Å². The summed E-state index contributed by atoms with van der Waals surface area (Å²) in [4.78, 5) is 22.7. The third kappa shape index (κ3) is 3.57. The molecule has 0 spiro atoms. The van der Waals surface area contributed by atoms with Crippen molar-refractivity contribution in [3.8, 4) is 0 Å². The molecule has 0 saturated carbocycles. The van der Waals surface area contributed by atoms with E-state index in [9.17, 15) is 9.59 Å². The second-order valence-corrected chi connectivity index (χ2v) is 5.58. The fourth-order valence-corrected chi connectivity index (χ4v) is 1.56. The van der Waals surface area contributed by atoms with Gasteiger partial charge in [0.25, 0.3) is 5.91 Å². The van der Waals surface area contributed by atoms with Crippen LogP contribution in [0.1, 0.15) is 24.2 Å². The van der Waals surface area contributed by atoms with Gasteiger partial charge >= 0.3 is 5.97 Å². The maximum Gasteiger partial charge on any atom is 0.328 e. The number of carbonyl (C=O) groups is 2. The standard InChI is InChI=1S/C11H11ClINO3/c1-11(2,10(16)17)14-9(15)6-3-4-8(13)7(12)5-6/h3-5H,1-2H3,(H,14,15)(H,16,17). The summed E-state index contributed by atoms with van der Waals surface area (Å²) in [5.74, 6) is -1.56. The van der Waals surface area contributed by atoms with Crippen molar-refractivity contribution in [1.29, 1.82) is 0 Å². The summed E-state index contributed by atoms with van der Waals surface area (Å²) in [7, 11) is 0. The number of carbonyl (C=O) groups excluding carboxylic acids is 1. The zero-order chi connectivity index (χ0) is 13.2.